The van der Waals surface area contributed by atoms with E-state index in [0.717, 1.165) is 17.0 Å². The van der Waals surface area contributed by atoms with Crippen LogP contribution in [0.2, 0.25) is 0 Å². The maximum absolute atomic E-state index is 15.9. The van der Waals surface area contributed by atoms with E-state index in [0.29, 0.717) is 72.3 Å². The fraction of sp³-hybridized carbons (Fsp3) is 0.386. The molecule has 19 heteroatoms. The van der Waals surface area contributed by atoms with Gasteiger partial charge in [0.25, 0.3) is 0 Å². The Morgan fingerprint density at radius 3 is 2.03 bits per heavy atom. The van der Waals surface area contributed by atoms with Gasteiger partial charge in [-0.15, -0.1) is 6.07 Å². The predicted octanol–water partition coefficient (Wildman–Crippen LogP) is -1.49. The molecule has 2 aliphatic heterocycles. The van der Waals surface area contributed by atoms with Gasteiger partial charge in [-0.3, -0.25) is 0 Å². The first-order valence-corrected chi connectivity index (χ1v) is 24.2. The van der Waals surface area contributed by atoms with Crippen molar-refractivity contribution < 1.29 is 141 Å². The molecule has 1 aliphatic carbocycles. The molecule has 0 aromatic heterocycles. The van der Waals surface area contributed by atoms with Crippen molar-refractivity contribution in [3.05, 3.63) is 130 Å². The summed E-state index contributed by atoms with van der Waals surface area (Å²) in [5, 5.41) is 0. The van der Waals surface area contributed by atoms with Crippen molar-refractivity contribution >= 4 is 53.0 Å². The molecule has 0 unspecified atom stereocenters. The summed E-state index contributed by atoms with van der Waals surface area (Å²) < 4.78 is 138. The Kier molecular flexibility index (Phi) is 19.7. The molecule has 63 heavy (non-hydrogen) atoms. The molecule has 3 aromatic rings. The van der Waals surface area contributed by atoms with Crippen LogP contribution in [0, 0.1) is 17.7 Å². The Labute approximate surface area is 437 Å². The fourth-order valence-electron chi connectivity index (χ4n) is 8.63. The molecule has 2 heterocycles. The second-order valence-electron chi connectivity index (χ2n) is 16.4. The van der Waals surface area contributed by atoms with Crippen molar-refractivity contribution in [1.29, 1.82) is 0 Å². The van der Waals surface area contributed by atoms with E-state index in [-0.39, 0.29) is 114 Å². The Morgan fingerprint density at radius 2 is 1.41 bits per heavy atom. The molecule has 0 spiro atoms. The van der Waals surface area contributed by atoms with Gasteiger partial charge in [0.05, 0.1) is 30.7 Å². The van der Waals surface area contributed by atoms with E-state index in [9.17, 15) is 38.9 Å². The number of nitrogens with zero attached hydrogens (tertiary/aromatic N) is 2. The van der Waals surface area contributed by atoms with Gasteiger partial charge in [-0.25, -0.2) is 38.6 Å². The van der Waals surface area contributed by atoms with Crippen molar-refractivity contribution in [2.24, 2.45) is 0 Å². The molecule has 0 fully saturated rings. The zero-order chi connectivity index (χ0) is 43.8. The van der Waals surface area contributed by atoms with E-state index in [4.69, 9.17) is 0 Å². The maximum atomic E-state index is 15.9. The summed E-state index contributed by atoms with van der Waals surface area (Å²) in [7, 11) is -13.6. The Hall–Kier alpha value is -1.32. The molecular formula is C44H47F2N2Na3O9S3. The molecule has 3 aromatic carbocycles. The van der Waals surface area contributed by atoms with Crippen LogP contribution in [-0.4, -0.2) is 73.8 Å². The fourth-order valence-corrected chi connectivity index (χ4v) is 10.2. The van der Waals surface area contributed by atoms with E-state index in [1.54, 1.807) is 12.1 Å². The molecular weight excluding hydrogens is 904 g/mol. The van der Waals surface area contributed by atoms with Crippen LogP contribution in [0.1, 0.15) is 89.3 Å². The zero-order valence-corrected chi connectivity index (χ0v) is 45.3. The van der Waals surface area contributed by atoms with Gasteiger partial charge in [-0.05, 0) is 97.2 Å². The summed E-state index contributed by atoms with van der Waals surface area (Å²) in [6.07, 6.45) is 9.96. The number of benzene rings is 3. The molecule has 0 bridgehead atoms. The Balaban J connectivity index is 0.00000352. The van der Waals surface area contributed by atoms with Crippen LogP contribution in [0.25, 0.3) is 5.57 Å². The number of halogens is 2. The number of hydrogen-bond acceptors (Lipinski definition) is 10. The quantitative estimate of drug-likeness (QED) is 0.0574. The van der Waals surface area contributed by atoms with Gasteiger partial charge in [0.2, 0.25) is 0 Å². The third-order valence-corrected chi connectivity index (χ3v) is 14.0. The molecule has 3 aliphatic rings. The monoisotopic (exact) mass is 950 g/mol. The first-order chi connectivity index (χ1) is 28.0. The standard InChI is InChI=1S/C44H50F2N2O9S3.3Na/c1-43(2)33-15-5-6-18-37(33)47(25-7-9-27-58(49,50)51)39(43)23-19-30-13-11-14-31(41(30)42-35(45)16-12-17-36(42)46)20-24-40-44(3,4)34-29-32(60(55,56)57)21-22-38(34)48(40)26-8-10-28-59(52,53)54;;;/h6,12,15-24,29H,7-11,13-14,25-28H2,1-4H3,(H,49,50,51)(H,52,53,54)(H,55,56,57);;;/q;3*+1/p-3. The first-order valence-electron chi connectivity index (χ1n) is 19.7. The Bertz CT molecular complexity index is 2700. The van der Waals surface area contributed by atoms with Crippen molar-refractivity contribution in [3.8, 4) is 0 Å². The average Bonchev–Trinajstić information content (AvgIpc) is 3.50. The van der Waals surface area contributed by atoms with Crippen molar-refractivity contribution in [2.75, 3.05) is 29.5 Å². The van der Waals surface area contributed by atoms with Crippen LogP contribution in [0.15, 0.2) is 101 Å². The minimum Gasteiger partial charge on any atom is -0.748 e. The van der Waals surface area contributed by atoms with E-state index >= 15 is 8.78 Å². The second-order valence-corrected chi connectivity index (χ2v) is 20.8. The minimum atomic E-state index is -4.80. The molecule has 322 valence electrons. The third kappa shape index (κ3) is 13.0. The summed E-state index contributed by atoms with van der Waals surface area (Å²) in [5.41, 5.74) is 4.63. The average molecular weight is 951 g/mol. The molecule has 0 saturated heterocycles. The molecule has 0 N–H and O–H groups in total. The molecule has 0 atom stereocenters. The van der Waals surface area contributed by atoms with Gasteiger partial charge in [-0.2, -0.15) is 18.2 Å². The smallest absolute Gasteiger partial charge is 0.748 e. The molecule has 0 saturated carbocycles. The number of allylic oxidation sites excluding steroid dienone is 8. The summed E-state index contributed by atoms with van der Waals surface area (Å²) in [6.45, 7) is 8.47. The summed E-state index contributed by atoms with van der Waals surface area (Å²) >= 11 is 0. The SMILES string of the molecule is CC1(C)C(/C=C/C2=C(c3c(F)cccc3F)C(=C/C=C3/N(CCCCS(=O)(=O)[O-])c4ccc(S(=O)(=O)[O-])cc4C3(C)C)/CCC2)=[N+](CCCCS(=O)(=O)[O-])c2cc[c-]cc21.[Na+].[Na+].[Na+]. The van der Waals surface area contributed by atoms with Crippen molar-refractivity contribution in [1.82, 2.24) is 0 Å². The van der Waals surface area contributed by atoms with E-state index in [1.165, 1.54) is 36.4 Å². The van der Waals surface area contributed by atoms with Gasteiger partial charge in [0.15, 0.2) is 5.71 Å². The van der Waals surface area contributed by atoms with Crippen molar-refractivity contribution in [2.45, 2.75) is 88.4 Å². The minimum absolute atomic E-state index is 0. The van der Waals surface area contributed by atoms with Gasteiger partial charge in [0, 0.05) is 52.8 Å². The van der Waals surface area contributed by atoms with Crippen LogP contribution in [-0.2, 0) is 41.2 Å². The largest absolute Gasteiger partial charge is 1.00 e. The number of fused-ring (bicyclic) bond motifs is 2. The summed E-state index contributed by atoms with van der Waals surface area (Å²) in [4.78, 5) is 1.48. The second kappa shape index (κ2) is 22.2. The number of unbranched alkanes of at least 4 members (excludes halogenated alkanes) is 2. The summed E-state index contributed by atoms with van der Waals surface area (Å²) in [5.74, 6) is -2.54. The van der Waals surface area contributed by atoms with Gasteiger partial charge >= 0.3 is 88.7 Å². The van der Waals surface area contributed by atoms with Crippen LogP contribution in [0.3, 0.4) is 0 Å². The maximum Gasteiger partial charge on any atom is 1.00 e. The third-order valence-electron chi connectivity index (χ3n) is 11.6. The van der Waals surface area contributed by atoms with Gasteiger partial charge in [0.1, 0.15) is 34.0 Å². The number of hydrogen-bond donors (Lipinski definition) is 0. The number of anilines is 1. The number of rotatable bonds is 15. The van der Waals surface area contributed by atoms with Gasteiger partial charge in [-0.1, -0.05) is 51.5 Å². The summed E-state index contributed by atoms with van der Waals surface area (Å²) in [6, 6.07) is 16.5. The zero-order valence-electron chi connectivity index (χ0n) is 36.8. The van der Waals surface area contributed by atoms with Crippen molar-refractivity contribution in [3.63, 3.8) is 0 Å². The molecule has 0 radical (unpaired) electrons. The first kappa shape index (κ1) is 56.0. The van der Waals surface area contributed by atoms with Gasteiger partial charge < -0.3 is 18.6 Å². The predicted molar refractivity (Wildman–Crippen MR) is 223 cm³/mol. The van der Waals surface area contributed by atoms with Crippen LogP contribution in [0.5, 0.6) is 0 Å². The van der Waals surface area contributed by atoms with E-state index in [2.05, 4.69) is 10.6 Å². The van der Waals surface area contributed by atoms with Crippen LogP contribution >= 0.6 is 0 Å². The Morgan fingerprint density at radius 1 is 0.778 bits per heavy atom. The van der Waals surface area contributed by atoms with Crippen LogP contribution < -0.4 is 93.6 Å². The topological polar surface area (TPSA) is 178 Å². The molecule has 6 rings (SSSR count). The molecule has 0 amide bonds. The van der Waals surface area contributed by atoms with E-state index < -0.39 is 69.2 Å². The molecule has 11 nitrogen and oxygen atoms in total. The van der Waals surface area contributed by atoms with Crippen LogP contribution in [0.4, 0.5) is 20.2 Å². The normalized spacial score (nSPS) is 18.3. The van der Waals surface area contributed by atoms with E-state index in [1.807, 2.05) is 63.0 Å².